The Morgan fingerprint density at radius 2 is 1.84 bits per heavy atom. The summed E-state index contributed by atoms with van der Waals surface area (Å²) >= 11 is 0. The van der Waals surface area contributed by atoms with E-state index in [0.29, 0.717) is 34.9 Å². The minimum Gasteiger partial charge on any atom is -0.436 e. The van der Waals surface area contributed by atoms with Crippen molar-refractivity contribution in [3.8, 4) is 11.6 Å². The predicted molar refractivity (Wildman–Crippen MR) is 119 cm³/mol. The molecule has 0 spiro atoms. The number of rotatable bonds is 5. The van der Waals surface area contributed by atoms with E-state index < -0.39 is 5.82 Å². The SMILES string of the molecule is CCc1nnc2c(Oc3cccc(NC(=O)c4ccc(F)cc4)c3)nc3ccccc3n12. The van der Waals surface area contributed by atoms with Gasteiger partial charge in [-0.05, 0) is 48.5 Å². The second-order valence-electron chi connectivity index (χ2n) is 7.13. The van der Waals surface area contributed by atoms with E-state index in [9.17, 15) is 9.18 Å². The summed E-state index contributed by atoms with van der Waals surface area (Å²) in [4.78, 5) is 17.1. The summed E-state index contributed by atoms with van der Waals surface area (Å²) < 4.78 is 21.1. The van der Waals surface area contributed by atoms with Crippen LogP contribution in [0.15, 0.2) is 72.8 Å². The first-order chi connectivity index (χ1) is 15.6. The number of aromatic nitrogens is 4. The Morgan fingerprint density at radius 3 is 2.66 bits per heavy atom. The molecule has 7 nitrogen and oxygen atoms in total. The second-order valence-corrected chi connectivity index (χ2v) is 7.13. The van der Waals surface area contributed by atoms with Gasteiger partial charge in [-0.1, -0.05) is 25.1 Å². The van der Waals surface area contributed by atoms with Crippen LogP contribution in [0, 0.1) is 5.82 Å². The first kappa shape index (κ1) is 19.6. The third-order valence-electron chi connectivity index (χ3n) is 5.00. The topological polar surface area (TPSA) is 81.4 Å². The monoisotopic (exact) mass is 427 g/mol. The standard InChI is InChI=1S/C24H18FN5O2/c1-2-21-28-29-22-24(27-19-8-3-4-9-20(19)30(21)22)32-18-7-5-6-17(14-18)26-23(31)15-10-12-16(25)13-11-15/h3-14H,2H2,1H3,(H,26,31). The van der Waals surface area contributed by atoms with E-state index in [0.717, 1.165) is 16.9 Å². The van der Waals surface area contributed by atoms with Crippen LogP contribution in [-0.2, 0) is 6.42 Å². The van der Waals surface area contributed by atoms with Gasteiger partial charge in [-0.15, -0.1) is 10.2 Å². The summed E-state index contributed by atoms with van der Waals surface area (Å²) in [5, 5.41) is 11.3. The average Bonchev–Trinajstić information content (AvgIpc) is 3.25. The van der Waals surface area contributed by atoms with Crippen LogP contribution in [0.2, 0.25) is 0 Å². The van der Waals surface area contributed by atoms with Gasteiger partial charge in [0.2, 0.25) is 5.65 Å². The maximum absolute atomic E-state index is 13.1. The number of amides is 1. The molecular formula is C24H18FN5O2. The summed E-state index contributed by atoms with van der Waals surface area (Å²) in [7, 11) is 0. The number of anilines is 1. The number of nitrogens with one attached hydrogen (secondary N) is 1. The molecule has 3 aromatic carbocycles. The minimum absolute atomic E-state index is 0.318. The molecule has 2 heterocycles. The number of fused-ring (bicyclic) bond motifs is 3. The number of hydrogen-bond acceptors (Lipinski definition) is 5. The molecule has 0 radical (unpaired) electrons. The van der Waals surface area contributed by atoms with E-state index in [1.165, 1.54) is 24.3 Å². The van der Waals surface area contributed by atoms with Crippen molar-refractivity contribution in [2.75, 3.05) is 5.32 Å². The highest BCUT2D eigenvalue weighted by atomic mass is 19.1. The summed E-state index contributed by atoms with van der Waals surface area (Å²) in [6.45, 7) is 2.01. The molecule has 0 fully saturated rings. The predicted octanol–water partition coefficient (Wildman–Crippen LogP) is 5.02. The molecule has 158 valence electrons. The van der Waals surface area contributed by atoms with Crippen LogP contribution in [0.5, 0.6) is 11.6 Å². The van der Waals surface area contributed by atoms with E-state index >= 15 is 0 Å². The molecule has 0 aliphatic rings. The number of benzene rings is 3. The molecule has 0 atom stereocenters. The number of aryl methyl sites for hydroxylation is 1. The lowest BCUT2D eigenvalue weighted by Gasteiger charge is -2.11. The molecule has 0 aliphatic carbocycles. The number of carbonyl (C=O) groups is 1. The van der Waals surface area contributed by atoms with E-state index in [2.05, 4.69) is 20.5 Å². The summed E-state index contributed by atoms with van der Waals surface area (Å²) in [5.41, 5.74) is 3.05. The molecule has 5 rings (SSSR count). The molecule has 8 heteroatoms. The van der Waals surface area contributed by atoms with Gasteiger partial charge in [0, 0.05) is 23.7 Å². The summed E-state index contributed by atoms with van der Waals surface area (Å²) in [6, 6.07) is 20.0. The lowest BCUT2D eigenvalue weighted by molar-refractivity contribution is 0.102. The fourth-order valence-electron chi connectivity index (χ4n) is 3.47. The molecule has 0 unspecified atom stereocenters. The Hall–Kier alpha value is -4.33. The molecule has 1 N–H and O–H groups in total. The van der Waals surface area contributed by atoms with Crippen LogP contribution < -0.4 is 10.1 Å². The molecule has 32 heavy (non-hydrogen) atoms. The number of halogens is 1. The summed E-state index contributed by atoms with van der Waals surface area (Å²) in [5.74, 6) is 0.860. The van der Waals surface area contributed by atoms with Crippen LogP contribution in [0.3, 0.4) is 0 Å². The van der Waals surface area contributed by atoms with Gasteiger partial charge in [-0.3, -0.25) is 9.20 Å². The van der Waals surface area contributed by atoms with Crippen LogP contribution in [0.25, 0.3) is 16.7 Å². The molecule has 0 saturated heterocycles. The Labute approximate surface area is 182 Å². The largest absolute Gasteiger partial charge is 0.436 e. The normalized spacial score (nSPS) is 11.1. The zero-order valence-electron chi connectivity index (χ0n) is 17.1. The first-order valence-corrected chi connectivity index (χ1v) is 10.1. The van der Waals surface area contributed by atoms with Gasteiger partial charge in [0.05, 0.1) is 11.0 Å². The number of carbonyl (C=O) groups excluding carboxylic acids is 1. The highest BCUT2D eigenvalue weighted by molar-refractivity contribution is 6.04. The van der Waals surface area contributed by atoms with E-state index in [-0.39, 0.29) is 5.91 Å². The number of ether oxygens (including phenoxy) is 1. The summed E-state index contributed by atoms with van der Waals surface area (Å²) in [6.07, 6.45) is 0.708. The van der Waals surface area contributed by atoms with Crippen molar-refractivity contribution < 1.29 is 13.9 Å². The van der Waals surface area contributed by atoms with Crippen LogP contribution in [0.4, 0.5) is 10.1 Å². The van der Waals surface area contributed by atoms with Gasteiger partial charge in [0.1, 0.15) is 17.4 Å². The van der Waals surface area contributed by atoms with Crippen molar-refractivity contribution >= 4 is 28.3 Å². The van der Waals surface area contributed by atoms with Crippen LogP contribution in [0.1, 0.15) is 23.1 Å². The van der Waals surface area contributed by atoms with Gasteiger partial charge in [0.15, 0.2) is 0 Å². The molecule has 0 saturated carbocycles. The minimum atomic E-state index is -0.397. The average molecular weight is 427 g/mol. The van der Waals surface area contributed by atoms with Crippen molar-refractivity contribution in [2.45, 2.75) is 13.3 Å². The van der Waals surface area contributed by atoms with Gasteiger partial charge in [-0.2, -0.15) is 0 Å². The number of hydrogen-bond donors (Lipinski definition) is 1. The molecule has 0 bridgehead atoms. The van der Waals surface area contributed by atoms with Crippen molar-refractivity contribution in [3.63, 3.8) is 0 Å². The van der Waals surface area contributed by atoms with E-state index in [1.54, 1.807) is 24.3 Å². The van der Waals surface area contributed by atoms with Gasteiger partial charge < -0.3 is 10.1 Å². The molecule has 2 aromatic heterocycles. The quantitative estimate of drug-likeness (QED) is 0.426. The third-order valence-corrected chi connectivity index (χ3v) is 5.00. The lowest BCUT2D eigenvalue weighted by atomic mass is 10.2. The Balaban J connectivity index is 1.47. The number of para-hydroxylation sites is 2. The Morgan fingerprint density at radius 1 is 1.03 bits per heavy atom. The van der Waals surface area contributed by atoms with E-state index in [4.69, 9.17) is 4.74 Å². The molecule has 0 aliphatic heterocycles. The molecule has 1 amide bonds. The zero-order chi connectivity index (χ0) is 22.1. The Bertz CT molecular complexity index is 1450. The molecule has 5 aromatic rings. The maximum atomic E-state index is 13.1. The van der Waals surface area contributed by atoms with Gasteiger partial charge >= 0.3 is 0 Å². The fourth-order valence-corrected chi connectivity index (χ4v) is 3.47. The van der Waals surface area contributed by atoms with Crippen molar-refractivity contribution in [1.82, 2.24) is 19.6 Å². The number of nitrogens with zero attached hydrogens (tertiary/aromatic N) is 4. The van der Waals surface area contributed by atoms with Crippen LogP contribution >= 0.6 is 0 Å². The van der Waals surface area contributed by atoms with Crippen molar-refractivity contribution in [2.24, 2.45) is 0 Å². The fraction of sp³-hybridized carbons (Fsp3) is 0.0833. The second kappa shape index (κ2) is 8.07. The van der Waals surface area contributed by atoms with Gasteiger partial charge in [0.25, 0.3) is 11.8 Å². The maximum Gasteiger partial charge on any atom is 0.266 e. The first-order valence-electron chi connectivity index (χ1n) is 10.1. The van der Waals surface area contributed by atoms with Crippen molar-refractivity contribution in [1.29, 1.82) is 0 Å². The highest BCUT2D eigenvalue weighted by Gasteiger charge is 2.16. The third kappa shape index (κ3) is 3.62. The zero-order valence-corrected chi connectivity index (χ0v) is 17.1. The smallest absolute Gasteiger partial charge is 0.266 e. The molecular weight excluding hydrogens is 409 g/mol. The van der Waals surface area contributed by atoms with Crippen LogP contribution in [-0.4, -0.2) is 25.5 Å². The van der Waals surface area contributed by atoms with Crippen molar-refractivity contribution in [3.05, 3.63) is 90.0 Å². The lowest BCUT2D eigenvalue weighted by Crippen LogP contribution is -2.11. The highest BCUT2D eigenvalue weighted by Crippen LogP contribution is 2.29. The Kier molecular flexibility index (Phi) is 4.95. The van der Waals surface area contributed by atoms with E-state index in [1.807, 2.05) is 35.6 Å². The van der Waals surface area contributed by atoms with Gasteiger partial charge in [-0.25, -0.2) is 9.37 Å².